The summed E-state index contributed by atoms with van der Waals surface area (Å²) in [4.78, 5) is 30.3. The van der Waals surface area contributed by atoms with E-state index in [1.165, 1.54) is 0 Å². The van der Waals surface area contributed by atoms with Crippen LogP contribution in [0.1, 0.15) is 37.6 Å². The molecule has 0 spiro atoms. The zero-order valence-corrected chi connectivity index (χ0v) is 14.4. The summed E-state index contributed by atoms with van der Waals surface area (Å²) in [6.07, 6.45) is 2.37. The zero-order chi connectivity index (χ0) is 16.8. The van der Waals surface area contributed by atoms with Crippen molar-refractivity contribution in [3.05, 3.63) is 27.9 Å². The predicted molar refractivity (Wildman–Crippen MR) is 88.4 cm³/mol. The molecular formula is C17H27N3O3. The smallest absolute Gasteiger partial charge is 0.347 e. The number of amides is 1. The molecule has 1 fully saturated rings. The molecule has 0 saturated carbocycles. The third kappa shape index (κ3) is 4.89. The molecule has 1 saturated heterocycles. The van der Waals surface area contributed by atoms with E-state index in [9.17, 15) is 9.59 Å². The van der Waals surface area contributed by atoms with Gasteiger partial charge in [0.05, 0.1) is 0 Å². The Morgan fingerprint density at radius 2 is 2.09 bits per heavy atom. The van der Waals surface area contributed by atoms with Crippen LogP contribution in [0.3, 0.4) is 0 Å². The topological polar surface area (TPSA) is 64.4 Å². The summed E-state index contributed by atoms with van der Waals surface area (Å²) in [7, 11) is 0. The summed E-state index contributed by atoms with van der Waals surface area (Å²) in [6.45, 7) is 9.15. The minimum Gasteiger partial charge on any atom is -0.381 e. The van der Waals surface area contributed by atoms with E-state index in [4.69, 9.17) is 4.74 Å². The molecule has 0 unspecified atom stereocenters. The molecule has 0 aromatic carbocycles. The molecule has 6 nitrogen and oxygen atoms in total. The van der Waals surface area contributed by atoms with Gasteiger partial charge in [-0.3, -0.25) is 9.36 Å². The number of rotatable bonds is 6. The first kappa shape index (κ1) is 17.7. The summed E-state index contributed by atoms with van der Waals surface area (Å²) in [5.41, 5.74) is 1.29. The normalized spacial score (nSPS) is 15.6. The van der Waals surface area contributed by atoms with Gasteiger partial charge in [-0.1, -0.05) is 0 Å². The summed E-state index contributed by atoms with van der Waals surface area (Å²) in [5, 5.41) is 0. The van der Waals surface area contributed by atoms with Crippen molar-refractivity contribution in [3.8, 4) is 0 Å². The van der Waals surface area contributed by atoms with Crippen molar-refractivity contribution in [2.45, 2.75) is 46.6 Å². The van der Waals surface area contributed by atoms with Crippen molar-refractivity contribution < 1.29 is 9.53 Å². The number of carbonyl (C=O) groups is 1. The molecule has 128 valence electrons. The molecule has 1 aliphatic heterocycles. The van der Waals surface area contributed by atoms with Crippen LogP contribution in [0.25, 0.3) is 0 Å². The van der Waals surface area contributed by atoms with Crippen molar-refractivity contribution in [1.29, 1.82) is 0 Å². The minimum atomic E-state index is -0.275. The Kier molecular flexibility index (Phi) is 6.33. The van der Waals surface area contributed by atoms with Gasteiger partial charge >= 0.3 is 5.69 Å². The van der Waals surface area contributed by atoms with Crippen LogP contribution in [-0.4, -0.2) is 46.7 Å². The molecule has 6 heteroatoms. The van der Waals surface area contributed by atoms with Gasteiger partial charge in [0.2, 0.25) is 5.91 Å². The summed E-state index contributed by atoms with van der Waals surface area (Å²) in [5.74, 6) is 0.629. The Hall–Kier alpha value is -1.69. The predicted octanol–water partition coefficient (Wildman–Crippen LogP) is 1.53. The Morgan fingerprint density at radius 1 is 1.39 bits per heavy atom. The van der Waals surface area contributed by atoms with Crippen molar-refractivity contribution >= 4 is 5.91 Å². The van der Waals surface area contributed by atoms with Crippen LogP contribution in [0.15, 0.2) is 10.9 Å². The molecule has 2 heterocycles. The van der Waals surface area contributed by atoms with Crippen LogP contribution in [0, 0.1) is 19.8 Å². The van der Waals surface area contributed by atoms with Gasteiger partial charge < -0.3 is 9.64 Å². The molecule has 2 rings (SSSR count). The molecule has 0 N–H and O–H groups in total. The molecule has 1 amide bonds. The Bertz CT molecular complexity index is 591. The van der Waals surface area contributed by atoms with Crippen LogP contribution < -0.4 is 5.69 Å². The molecule has 1 aromatic rings. The number of ether oxygens (including phenoxy) is 1. The number of hydrogen-bond acceptors (Lipinski definition) is 4. The van der Waals surface area contributed by atoms with E-state index in [2.05, 4.69) is 4.98 Å². The minimum absolute atomic E-state index is 0.103. The van der Waals surface area contributed by atoms with Crippen LogP contribution in [0.4, 0.5) is 0 Å². The summed E-state index contributed by atoms with van der Waals surface area (Å²) in [6, 6.07) is 1.87. The van der Waals surface area contributed by atoms with Crippen LogP contribution in [0.2, 0.25) is 0 Å². The fraction of sp³-hybridized carbons (Fsp3) is 0.706. The maximum atomic E-state index is 12.5. The lowest BCUT2D eigenvalue weighted by Crippen LogP contribution is -2.38. The van der Waals surface area contributed by atoms with Gasteiger partial charge in [0, 0.05) is 50.7 Å². The molecular weight excluding hydrogens is 294 g/mol. The first-order chi connectivity index (χ1) is 11.0. The van der Waals surface area contributed by atoms with Gasteiger partial charge in [-0.15, -0.1) is 0 Å². The van der Waals surface area contributed by atoms with E-state index in [-0.39, 0.29) is 11.6 Å². The lowest BCUT2D eigenvalue weighted by atomic mass is 9.99. The van der Waals surface area contributed by atoms with E-state index < -0.39 is 0 Å². The molecule has 0 radical (unpaired) electrons. The largest absolute Gasteiger partial charge is 0.381 e. The second-order valence-electron chi connectivity index (χ2n) is 6.21. The number of hydrogen-bond donors (Lipinski definition) is 0. The van der Waals surface area contributed by atoms with Crippen LogP contribution in [-0.2, 0) is 16.1 Å². The first-order valence-electron chi connectivity index (χ1n) is 8.42. The average molecular weight is 321 g/mol. The van der Waals surface area contributed by atoms with Crippen molar-refractivity contribution in [2.75, 3.05) is 26.3 Å². The average Bonchev–Trinajstić information content (AvgIpc) is 2.52. The second kappa shape index (κ2) is 8.24. The third-order valence-electron chi connectivity index (χ3n) is 4.45. The van der Waals surface area contributed by atoms with Gasteiger partial charge in [0.1, 0.15) is 0 Å². The molecule has 0 aliphatic carbocycles. The molecule has 23 heavy (non-hydrogen) atoms. The number of carbonyl (C=O) groups excluding carboxylic acids is 1. The van der Waals surface area contributed by atoms with Gasteiger partial charge in [-0.05, 0) is 45.6 Å². The highest BCUT2D eigenvalue weighted by molar-refractivity contribution is 5.76. The highest BCUT2D eigenvalue weighted by Crippen LogP contribution is 2.16. The molecule has 0 atom stereocenters. The third-order valence-corrected chi connectivity index (χ3v) is 4.45. The lowest BCUT2D eigenvalue weighted by Gasteiger charge is -2.29. The number of aromatic nitrogens is 2. The second-order valence-corrected chi connectivity index (χ2v) is 6.21. The summed E-state index contributed by atoms with van der Waals surface area (Å²) >= 11 is 0. The maximum Gasteiger partial charge on any atom is 0.347 e. The Labute approximate surface area is 137 Å². The van der Waals surface area contributed by atoms with Crippen molar-refractivity contribution in [3.63, 3.8) is 0 Å². The quantitative estimate of drug-likeness (QED) is 0.797. The molecule has 1 aliphatic rings. The van der Waals surface area contributed by atoms with Crippen LogP contribution >= 0.6 is 0 Å². The van der Waals surface area contributed by atoms with E-state index >= 15 is 0 Å². The SMILES string of the molecule is CCN(CC1CCOCC1)C(=O)CCn1c(C)cc(C)nc1=O. The monoisotopic (exact) mass is 321 g/mol. The van der Waals surface area contributed by atoms with E-state index in [1.807, 2.05) is 24.8 Å². The standard InChI is InChI=1S/C17H27N3O3/c1-4-19(12-15-6-9-23-10-7-15)16(21)5-8-20-14(3)11-13(2)18-17(20)22/h11,15H,4-10,12H2,1-3H3. The van der Waals surface area contributed by atoms with Crippen LogP contribution in [0.5, 0.6) is 0 Å². The highest BCUT2D eigenvalue weighted by Gasteiger charge is 2.20. The van der Waals surface area contributed by atoms with Gasteiger partial charge in [-0.2, -0.15) is 4.98 Å². The first-order valence-corrected chi connectivity index (χ1v) is 8.42. The van der Waals surface area contributed by atoms with Gasteiger partial charge in [0.25, 0.3) is 0 Å². The van der Waals surface area contributed by atoms with Gasteiger partial charge in [-0.25, -0.2) is 4.79 Å². The fourth-order valence-corrected chi connectivity index (χ4v) is 3.06. The Morgan fingerprint density at radius 3 is 2.70 bits per heavy atom. The molecule has 0 bridgehead atoms. The highest BCUT2D eigenvalue weighted by atomic mass is 16.5. The number of nitrogens with zero attached hydrogens (tertiary/aromatic N) is 3. The fourth-order valence-electron chi connectivity index (χ4n) is 3.06. The number of aryl methyl sites for hydroxylation is 2. The Balaban J connectivity index is 1.93. The molecule has 1 aromatic heterocycles. The van der Waals surface area contributed by atoms with E-state index in [0.29, 0.717) is 31.1 Å². The van der Waals surface area contributed by atoms with E-state index in [0.717, 1.165) is 38.3 Å². The van der Waals surface area contributed by atoms with Gasteiger partial charge in [0.15, 0.2) is 0 Å². The maximum absolute atomic E-state index is 12.5. The van der Waals surface area contributed by atoms with Crippen molar-refractivity contribution in [2.24, 2.45) is 5.92 Å². The zero-order valence-electron chi connectivity index (χ0n) is 14.4. The van der Waals surface area contributed by atoms with E-state index in [1.54, 1.807) is 11.5 Å². The van der Waals surface area contributed by atoms with Crippen molar-refractivity contribution in [1.82, 2.24) is 14.5 Å². The lowest BCUT2D eigenvalue weighted by molar-refractivity contribution is -0.132. The summed E-state index contributed by atoms with van der Waals surface area (Å²) < 4.78 is 6.94.